The van der Waals surface area contributed by atoms with Crippen LogP contribution >= 0.6 is 0 Å². The van der Waals surface area contributed by atoms with E-state index in [0.717, 1.165) is 12.8 Å². The van der Waals surface area contributed by atoms with Crippen LogP contribution in [0.3, 0.4) is 0 Å². The molecule has 1 aliphatic carbocycles. The molecular formula is C13H23N3. The number of fused-ring (bicyclic) bond motifs is 1. The first kappa shape index (κ1) is 14.6. The second-order valence-electron chi connectivity index (χ2n) is 3.13. The first-order valence-electron chi connectivity index (χ1n) is 5.78. The molecule has 0 bridgehead atoms. The van der Waals surface area contributed by atoms with Crippen LogP contribution in [0.15, 0.2) is 29.3 Å². The lowest BCUT2D eigenvalue weighted by Gasteiger charge is -1.97. The molecule has 90 valence electrons. The molecule has 3 heteroatoms. The van der Waals surface area contributed by atoms with Crippen LogP contribution in [0.25, 0.3) is 0 Å². The molecule has 1 aromatic carbocycles. The minimum Gasteiger partial charge on any atom is -0.390 e. The highest BCUT2D eigenvalue weighted by Gasteiger charge is 2.18. The van der Waals surface area contributed by atoms with E-state index in [1.807, 2.05) is 13.8 Å². The summed E-state index contributed by atoms with van der Waals surface area (Å²) in [4.78, 5) is 4.19. The van der Waals surface area contributed by atoms with Crippen LogP contribution in [-0.2, 0) is 12.8 Å². The monoisotopic (exact) mass is 221 g/mol. The molecule has 0 spiro atoms. The van der Waals surface area contributed by atoms with Crippen LogP contribution in [-0.4, -0.2) is 19.4 Å². The molecule has 4 N–H and O–H groups in total. The van der Waals surface area contributed by atoms with Crippen LogP contribution in [0, 0.1) is 0 Å². The minimum absolute atomic E-state index is 0.382. The Bertz CT molecular complexity index is 283. The SMILES string of the molecule is CC.CN.NC=NC1Cc2ccccc2C1. The lowest BCUT2D eigenvalue weighted by molar-refractivity contribution is 0.726. The molecule has 0 atom stereocenters. The number of hydrogen-bond donors (Lipinski definition) is 2. The Morgan fingerprint density at radius 2 is 1.56 bits per heavy atom. The van der Waals surface area contributed by atoms with E-state index in [1.165, 1.54) is 24.5 Å². The van der Waals surface area contributed by atoms with Crippen molar-refractivity contribution in [1.82, 2.24) is 0 Å². The highest BCUT2D eigenvalue weighted by atomic mass is 14.8. The number of benzene rings is 1. The van der Waals surface area contributed by atoms with Crippen molar-refractivity contribution < 1.29 is 0 Å². The second kappa shape index (κ2) is 8.92. The van der Waals surface area contributed by atoms with Crippen molar-refractivity contribution in [3.63, 3.8) is 0 Å². The van der Waals surface area contributed by atoms with E-state index < -0.39 is 0 Å². The molecule has 0 unspecified atom stereocenters. The third-order valence-electron chi connectivity index (χ3n) is 2.33. The average molecular weight is 221 g/mol. The summed E-state index contributed by atoms with van der Waals surface area (Å²) in [5.74, 6) is 0. The molecule has 16 heavy (non-hydrogen) atoms. The van der Waals surface area contributed by atoms with Crippen LogP contribution in [0.1, 0.15) is 25.0 Å². The molecule has 0 radical (unpaired) electrons. The average Bonchev–Trinajstić information content (AvgIpc) is 2.77. The van der Waals surface area contributed by atoms with E-state index in [2.05, 4.69) is 35.0 Å². The zero-order valence-electron chi connectivity index (χ0n) is 10.5. The van der Waals surface area contributed by atoms with E-state index in [4.69, 9.17) is 5.73 Å². The molecule has 1 aromatic rings. The van der Waals surface area contributed by atoms with Gasteiger partial charge >= 0.3 is 0 Å². The Morgan fingerprint density at radius 3 is 1.94 bits per heavy atom. The highest BCUT2D eigenvalue weighted by molar-refractivity contribution is 5.52. The van der Waals surface area contributed by atoms with Crippen molar-refractivity contribution in [3.8, 4) is 0 Å². The predicted octanol–water partition coefficient (Wildman–Crippen LogP) is 1.74. The smallest absolute Gasteiger partial charge is 0.0801 e. The van der Waals surface area contributed by atoms with Gasteiger partial charge < -0.3 is 11.5 Å². The topological polar surface area (TPSA) is 64.4 Å². The van der Waals surface area contributed by atoms with Crippen molar-refractivity contribution in [2.45, 2.75) is 32.7 Å². The van der Waals surface area contributed by atoms with Gasteiger partial charge in [-0.15, -0.1) is 0 Å². The predicted molar refractivity (Wildman–Crippen MR) is 71.8 cm³/mol. The van der Waals surface area contributed by atoms with E-state index >= 15 is 0 Å². The van der Waals surface area contributed by atoms with Gasteiger partial charge in [0.05, 0.1) is 12.4 Å². The fourth-order valence-corrected chi connectivity index (χ4v) is 1.76. The minimum atomic E-state index is 0.382. The number of nitrogens with two attached hydrogens (primary N) is 2. The van der Waals surface area contributed by atoms with Gasteiger partial charge in [-0.2, -0.15) is 0 Å². The van der Waals surface area contributed by atoms with E-state index in [0.29, 0.717) is 6.04 Å². The largest absolute Gasteiger partial charge is 0.390 e. The normalized spacial score (nSPS) is 13.5. The zero-order chi connectivity index (χ0) is 12.4. The van der Waals surface area contributed by atoms with Gasteiger partial charge in [0.1, 0.15) is 0 Å². The Hall–Kier alpha value is -1.35. The summed E-state index contributed by atoms with van der Waals surface area (Å²) in [6, 6.07) is 8.87. The summed E-state index contributed by atoms with van der Waals surface area (Å²) in [5.41, 5.74) is 12.6. The maximum absolute atomic E-state index is 5.25. The summed E-state index contributed by atoms with van der Waals surface area (Å²) in [6.07, 6.45) is 3.50. The van der Waals surface area contributed by atoms with Gasteiger partial charge in [0.2, 0.25) is 0 Å². The Balaban J connectivity index is 0.000000509. The van der Waals surface area contributed by atoms with E-state index in [9.17, 15) is 0 Å². The Kier molecular flexibility index (Phi) is 8.17. The summed E-state index contributed by atoms with van der Waals surface area (Å²) in [5, 5.41) is 0. The van der Waals surface area contributed by atoms with Gasteiger partial charge in [-0.3, -0.25) is 4.99 Å². The lowest BCUT2D eigenvalue weighted by atomic mass is 10.1. The van der Waals surface area contributed by atoms with Gasteiger partial charge in [-0.05, 0) is 31.0 Å². The molecule has 0 saturated carbocycles. The molecule has 0 heterocycles. The number of hydrogen-bond acceptors (Lipinski definition) is 2. The molecule has 0 amide bonds. The summed E-state index contributed by atoms with van der Waals surface area (Å²) < 4.78 is 0. The number of rotatable bonds is 1. The molecule has 0 aromatic heterocycles. The van der Waals surface area contributed by atoms with Gasteiger partial charge in [-0.1, -0.05) is 38.1 Å². The first-order valence-corrected chi connectivity index (χ1v) is 5.78. The maximum Gasteiger partial charge on any atom is 0.0801 e. The van der Waals surface area contributed by atoms with Gasteiger partial charge in [0.25, 0.3) is 0 Å². The Morgan fingerprint density at radius 1 is 1.12 bits per heavy atom. The van der Waals surface area contributed by atoms with Crippen molar-refractivity contribution in [1.29, 1.82) is 0 Å². The number of aliphatic imine (C=N–C) groups is 1. The number of nitrogens with zero attached hydrogens (tertiary/aromatic N) is 1. The Labute approximate surface area is 98.6 Å². The van der Waals surface area contributed by atoms with Crippen LogP contribution < -0.4 is 11.5 Å². The van der Waals surface area contributed by atoms with Crippen molar-refractivity contribution >= 4 is 6.34 Å². The summed E-state index contributed by atoms with van der Waals surface area (Å²) in [6.45, 7) is 4.00. The van der Waals surface area contributed by atoms with Crippen molar-refractivity contribution in [3.05, 3.63) is 35.4 Å². The second-order valence-corrected chi connectivity index (χ2v) is 3.13. The zero-order valence-corrected chi connectivity index (χ0v) is 10.5. The molecular weight excluding hydrogens is 198 g/mol. The van der Waals surface area contributed by atoms with Gasteiger partial charge in [0, 0.05) is 0 Å². The summed E-state index contributed by atoms with van der Waals surface area (Å²) >= 11 is 0. The molecule has 0 saturated heterocycles. The molecule has 3 nitrogen and oxygen atoms in total. The molecule has 0 aliphatic heterocycles. The van der Waals surface area contributed by atoms with E-state index in [1.54, 1.807) is 0 Å². The maximum atomic E-state index is 5.25. The van der Waals surface area contributed by atoms with E-state index in [-0.39, 0.29) is 0 Å². The van der Waals surface area contributed by atoms with Crippen molar-refractivity contribution in [2.75, 3.05) is 7.05 Å². The fraction of sp³-hybridized carbons (Fsp3) is 0.462. The molecule has 1 aliphatic rings. The third kappa shape index (κ3) is 4.03. The molecule has 0 fully saturated rings. The van der Waals surface area contributed by atoms with Crippen LogP contribution in [0.2, 0.25) is 0 Å². The van der Waals surface area contributed by atoms with Gasteiger partial charge in [0.15, 0.2) is 0 Å². The van der Waals surface area contributed by atoms with Gasteiger partial charge in [-0.25, -0.2) is 0 Å². The highest BCUT2D eigenvalue weighted by Crippen LogP contribution is 2.23. The summed E-state index contributed by atoms with van der Waals surface area (Å²) in [7, 11) is 1.50. The van der Waals surface area contributed by atoms with Crippen LogP contribution in [0.5, 0.6) is 0 Å². The third-order valence-corrected chi connectivity index (χ3v) is 2.33. The standard InChI is InChI=1S/C10H12N2.C2H6.CH5N/c11-7-12-10-5-8-3-1-2-4-9(8)6-10;2*1-2/h1-4,7,10H,5-6H2,(H2,11,12);1-2H3;2H2,1H3. The quantitative estimate of drug-likeness (QED) is 0.560. The fourth-order valence-electron chi connectivity index (χ4n) is 1.76. The molecule has 2 rings (SSSR count). The lowest BCUT2D eigenvalue weighted by Crippen LogP contribution is -2.05. The van der Waals surface area contributed by atoms with Crippen molar-refractivity contribution in [2.24, 2.45) is 16.5 Å². The van der Waals surface area contributed by atoms with Crippen LogP contribution in [0.4, 0.5) is 0 Å². The first-order chi connectivity index (χ1) is 7.90.